The standard InChI is InChI=1S/C11H13Br3OS/c1-11(2,6-16)5-15-10-8(13)3-7(12)4-9(10)14/h3-4,16H,5-6H2,1-2H3. The summed E-state index contributed by atoms with van der Waals surface area (Å²) in [7, 11) is 0. The third kappa shape index (κ3) is 4.24. The molecule has 0 bridgehead atoms. The van der Waals surface area contributed by atoms with E-state index in [0.717, 1.165) is 24.9 Å². The molecule has 16 heavy (non-hydrogen) atoms. The highest BCUT2D eigenvalue weighted by atomic mass is 79.9. The van der Waals surface area contributed by atoms with Crippen LogP contribution in [-0.2, 0) is 0 Å². The van der Waals surface area contributed by atoms with Crippen LogP contribution >= 0.6 is 60.4 Å². The van der Waals surface area contributed by atoms with E-state index in [2.05, 4.69) is 74.3 Å². The Bertz CT molecular complexity index is 356. The summed E-state index contributed by atoms with van der Waals surface area (Å²) in [5.41, 5.74) is 0.0645. The maximum atomic E-state index is 5.81. The zero-order valence-corrected chi connectivity index (χ0v) is 14.7. The summed E-state index contributed by atoms with van der Waals surface area (Å²) in [5.74, 6) is 1.62. The first-order valence-electron chi connectivity index (χ1n) is 4.74. The molecule has 0 aromatic heterocycles. The average molecular weight is 433 g/mol. The smallest absolute Gasteiger partial charge is 0.147 e. The Kier molecular flexibility index (Phi) is 5.68. The summed E-state index contributed by atoms with van der Waals surface area (Å²) in [6.45, 7) is 4.89. The van der Waals surface area contributed by atoms with Gasteiger partial charge in [0.25, 0.3) is 0 Å². The van der Waals surface area contributed by atoms with Crippen LogP contribution in [0.2, 0.25) is 0 Å². The Labute approximate surface area is 127 Å². The van der Waals surface area contributed by atoms with E-state index in [4.69, 9.17) is 4.74 Å². The highest BCUT2D eigenvalue weighted by Crippen LogP contribution is 2.37. The predicted octanol–water partition coefficient (Wildman–Crippen LogP) is 5.31. The number of ether oxygens (including phenoxy) is 1. The first-order chi connectivity index (χ1) is 7.35. The fourth-order valence-corrected chi connectivity index (χ4v) is 3.56. The molecule has 0 aliphatic heterocycles. The molecule has 0 atom stereocenters. The van der Waals surface area contributed by atoms with E-state index >= 15 is 0 Å². The Morgan fingerprint density at radius 1 is 1.19 bits per heavy atom. The van der Waals surface area contributed by atoms with Gasteiger partial charge in [0.2, 0.25) is 0 Å². The fraction of sp³-hybridized carbons (Fsp3) is 0.455. The monoisotopic (exact) mass is 430 g/mol. The van der Waals surface area contributed by atoms with Crippen molar-refractivity contribution in [2.75, 3.05) is 12.4 Å². The van der Waals surface area contributed by atoms with Crippen LogP contribution in [-0.4, -0.2) is 12.4 Å². The second kappa shape index (κ2) is 6.12. The van der Waals surface area contributed by atoms with Crippen LogP contribution in [0.25, 0.3) is 0 Å². The molecule has 0 fully saturated rings. The first kappa shape index (κ1) is 14.9. The van der Waals surface area contributed by atoms with Gasteiger partial charge in [-0.2, -0.15) is 12.6 Å². The van der Waals surface area contributed by atoms with Gasteiger partial charge >= 0.3 is 0 Å². The van der Waals surface area contributed by atoms with Crippen LogP contribution in [0, 0.1) is 5.41 Å². The van der Waals surface area contributed by atoms with Crippen LogP contribution in [0.4, 0.5) is 0 Å². The summed E-state index contributed by atoms with van der Waals surface area (Å²) in [6.07, 6.45) is 0. The van der Waals surface area contributed by atoms with Crippen molar-refractivity contribution in [2.45, 2.75) is 13.8 Å². The molecule has 0 saturated carbocycles. The van der Waals surface area contributed by atoms with Crippen molar-refractivity contribution in [2.24, 2.45) is 5.41 Å². The molecule has 0 amide bonds. The van der Waals surface area contributed by atoms with Crippen molar-refractivity contribution in [3.63, 3.8) is 0 Å². The van der Waals surface area contributed by atoms with Crippen LogP contribution in [0.15, 0.2) is 25.6 Å². The lowest BCUT2D eigenvalue weighted by Crippen LogP contribution is -2.23. The SMILES string of the molecule is CC(C)(CS)COc1c(Br)cc(Br)cc1Br. The molecule has 0 heterocycles. The van der Waals surface area contributed by atoms with Gasteiger partial charge in [-0.05, 0) is 49.7 Å². The van der Waals surface area contributed by atoms with Crippen molar-refractivity contribution < 1.29 is 4.74 Å². The molecule has 5 heteroatoms. The number of halogens is 3. The second-order valence-corrected chi connectivity index (χ2v) is 7.25. The van der Waals surface area contributed by atoms with E-state index in [9.17, 15) is 0 Å². The minimum atomic E-state index is 0.0645. The van der Waals surface area contributed by atoms with Gasteiger partial charge in [0.1, 0.15) is 5.75 Å². The van der Waals surface area contributed by atoms with Gasteiger partial charge in [0, 0.05) is 9.89 Å². The average Bonchev–Trinajstić information content (AvgIpc) is 2.16. The van der Waals surface area contributed by atoms with Crippen molar-refractivity contribution in [3.05, 3.63) is 25.6 Å². The summed E-state index contributed by atoms with van der Waals surface area (Å²) in [5, 5.41) is 0. The molecule has 90 valence electrons. The molecule has 1 aromatic rings. The Morgan fingerprint density at radius 2 is 1.69 bits per heavy atom. The lowest BCUT2D eigenvalue weighted by atomic mass is 9.98. The minimum absolute atomic E-state index is 0.0645. The molecule has 0 saturated heterocycles. The molecule has 1 aromatic carbocycles. The second-order valence-electron chi connectivity index (χ2n) is 4.31. The summed E-state index contributed by atoms with van der Waals surface area (Å²) in [4.78, 5) is 0. The molecular weight excluding hydrogens is 420 g/mol. The molecule has 0 spiro atoms. The van der Waals surface area contributed by atoms with Gasteiger partial charge in [-0.25, -0.2) is 0 Å². The predicted molar refractivity (Wildman–Crippen MR) is 82.7 cm³/mol. The molecule has 0 aliphatic carbocycles. The van der Waals surface area contributed by atoms with E-state index in [1.54, 1.807) is 0 Å². The van der Waals surface area contributed by atoms with Crippen molar-refractivity contribution >= 4 is 60.4 Å². The number of benzene rings is 1. The van der Waals surface area contributed by atoms with E-state index in [0.29, 0.717) is 6.61 Å². The molecule has 0 aliphatic rings. The number of thiol groups is 1. The maximum Gasteiger partial charge on any atom is 0.147 e. The van der Waals surface area contributed by atoms with Gasteiger partial charge < -0.3 is 4.74 Å². The topological polar surface area (TPSA) is 9.23 Å². The fourth-order valence-electron chi connectivity index (χ4n) is 0.980. The van der Waals surface area contributed by atoms with Gasteiger partial charge in [0.05, 0.1) is 15.6 Å². The van der Waals surface area contributed by atoms with Crippen molar-refractivity contribution in [1.82, 2.24) is 0 Å². The Hall–Kier alpha value is 0.810. The highest BCUT2D eigenvalue weighted by Gasteiger charge is 2.18. The van der Waals surface area contributed by atoms with E-state index in [1.807, 2.05) is 12.1 Å². The van der Waals surface area contributed by atoms with Gasteiger partial charge in [-0.15, -0.1) is 0 Å². The van der Waals surface area contributed by atoms with Crippen LogP contribution in [0.5, 0.6) is 5.75 Å². The Balaban J connectivity index is 2.82. The molecule has 0 unspecified atom stereocenters. The third-order valence-electron chi connectivity index (χ3n) is 2.00. The van der Waals surface area contributed by atoms with E-state index in [-0.39, 0.29) is 5.41 Å². The molecule has 0 radical (unpaired) electrons. The van der Waals surface area contributed by atoms with Gasteiger partial charge in [0.15, 0.2) is 0 Å². The largest absolute Gasteiger partial charge is 0.491 e. The summed E-state index contributed by atoms with van der Waals surface area (Å²) >= 11 is 14.7. The van der Waals surface area contributed by atoms with Crippen LogP contribution < -0.4 is 4.74 Å². The van der Waals surface area contributed by atoms with Gasteiger partial charge in [-0.3, -0.25) is 0 Å². The normalized spacial score (nSPS) is 11.6. The first-order valence-corrected chi connectivity index (χ1v) is 7.75. The third-order valence-corrected chi connectivity index (χ3v) is 4.49. The number of hydrogen-bond acceptors (Lipinski definition) is 2. The molecular formula is C11H13Br3OS. The summed E-state index contributed by atoms with van der Waals surface area (Å²) in [6, 6.07) is 3.93. The van der Waals surface area contributed by atoms with Gasteiger partial charge in [-0.1, -0.05) is 29.8 Å². The molecule has 1 nitrogen and oxygen atoms in total. The van der Waals surface area contributed by atoms with Crippen molar-refractivity contribution in [1.29, 1.82) is 0 Å². The zero-order chi connectivity index (χ0) is 12.3. The van der Waals surface area contributed by atoms with Crippen LogP contribution in [0.1, 0.15) is 13.8 Å². The number of hydrogen-bond donors (Lipinski definition) is 1. The highest BCUT2D eigenvalue weighted by molar-refractivity contribution is 9.11. The number of rotatable bonds is 4. The maximum absolute atomic E-state index is 5.81. The van der Waals surface area contributed by atoms with Crippen LogP contribution in [0.3, 0.4) is 0 Å². The summed E-state index contributed by atoms with van der Waals surface area (Å²) < 4.78 is 8.69. The quantitative estimate of drug-likeness (QED) is 0.634. The van der Waals surface area contributed by atoms with E-state index < -0.39 is 0 Å². The lowest BCUT2D eigenvalue weighted by molar-refractivity contribution is 0.200. The van der Waals surface area contributed by atoms with Crippen molar-refractivity contribution in [3.8, 4) is 5.75 Å². The Morgan fingerprint density at radius 3 is 2.12 bits per heavy atom. The molecule has 1 rings (SSSR count). The minimum Gasteiger partial charge on any atom is -0.491 e. The van der Waals surface area contributed by atoms with E-state index in [1.165, 1.54) is 0 Å². The molecule has 0 N–H and O–H groups in total. The zero-order valence-electron chi connectivity index (χ0n) is 9.06. The lowest BCUT2D eigenvalue weighted by Gasteiger charge is -2.23.